The van der Waals surface area contributed by atoms with Crippen LogP contribution in [-0.4, -0.2) is 40.6 Å². The van der Waals surface area contributed by atoms with E-state index in [0.29, 0.717) is 11.6 Å². The smallest absolute Gasteiger partial charge is 0.257 e. The van der Waals surface area contributed by atoms with E-state index in [1.165, 1.54) is 24.1 Å². The third-order valence-corrected chi connectivity index (χ3v) is 2.76. The van der Waals surface area contributed by atoms with E-state index in [-0.39, 0.29) is 17.9 Å². The van der Waals surface area contributed by atoms with Crippen LogP contribution < -0.4 is 5.32 Å². The fraction of sp³-hybridized carbons (Fsp3) is 0.214. The number of hydrogen-bond acceptors (Lipinski definition) is 5. The molecule has 0 aliphatic heterocycles. The van der Waals surface area contributed by atoms with Crippen LogP contribution in [0.25, 0.3) is 0 Å². The Labute approximate surface area is 121 Å². The number of anilines is 1. The first-order valence-electron chi connectivity index (χ1n) is 6.24. The van der Waals surface area contributed by atoms with Crippen LogP contribution in [0.15, 0.2) is 34.9 Å². The highest BCUT2D eigenvalue weighted by atomic mass is 16.5. The second kappa shape index (κ2) is 6.08. The summed E-state index contributed by atoms with van der Waals surface area (Å²) in [5.74, 6) is -0.110. The van der Waals surface area contributed by atoms with Gasteiger partial charge in [-0.3, -0.25) is 9.59 Å². The molecular formula is C14H15N3O4. The SMILES string of the molecule is Cc1cc(NC(=O)CN(C)C(=O)c2ccccc2O)no1. The summed E-state index contributed by atoms with van der Waals surface area (Å²) >= 11 is 0. The average Bonchev–Trinajstić information content (AvgIpc) is 2.83. The number of aryl methyl sites for hydroxylation is 1. The van der Waals surface area contributed by atoms with Crippen molar-refractivity contribution in [2.45, 2.75) is 6.92 Å². The summed E-state index contributed by atoms with van der Waals surface area (Å²) in [4.78, 5) is 25.1. The van der Waals surface area contributed by atoms with Gasteiger partial charge in [-0.25, -0.2) is 0 Å². The van der Waals surface area contributed by atoms with E-state index in [9.17, 15) is 14.7 Å². The maximum atomic E-state index is 12.1. The van der Waals surface area contributed by atoms with Crippen molar-refractivity contribution in [3.63, 3.8) is 0 Å². The number of carbonyl (C=O) groups excluding carboxylic acids is 2. The number of phenols is 1. The number of likely N-dealkylation sites (N-methyl/N-ethyl adjacent to an activating group) is 1. The van der Waals surface area contributed by atoms with E-state index in [1.807, 2.05) is 0 Å². The van der Waals surface area contributed by atoms with Gasteiger partial charge in [-0.1, -0.05) is 17.3 Å². The summed E-state index contributed by atoms with van der Waals surface area (Å²) in [5.41, 5.74) is 0.144. The maximum Gasteiger partial charge on any atom is 0.257 e. The van der Waals surface area contributed by atoms with E-state index in [1.54, 1.807) is 25.1 Å². The molecule has 0 unspecified atom stereocenters. The number of benzene rings is 1. The predicted molar refractivity (Wildman–Crippen MR) is 74.9 cm³/mol. The van der Waals surface area contributed by atoms with Gasteiger partial charge in [0.15, 0.2) is 5.82 Å². The number of para-hydroxylation sites is 1. The van der Waals surface area contributed by atoms with Crippen molar-refractivity contribution in [2.75, 3.05) is 18.9 Å². The molecule has 21 heavy (non-hydrogen) atoms. The van der Waals surface area contributed by atoms with E-state index < -0.39 is 11.8 Å². The van der Waals surface area contributed by atoms with Crippen molar-refractivity contribution in [1.82, 2.24) is 10.1 Å². The topological polar surface area (TPSA) is 95.7 Å². The Bertz CT molecular complexity index is 666. The van der Waals surface area contributed by atoms with Crippen LogP contribution in [0.3, 0.4) is 0 Å². The zero-order chi connectivity index (χ0) is 15.4. The minimum absolute atomic E-state index is 0.123. The molecule has 1 heterocycles. The highest BCUT2D eigenvalue weighted by molar-refractivity contribution is 6.00. The van der Waals surface area contributed by atoms with Crippen LogP contribution in [0.2, 0.25) is 0 Å². The number of aromatic nitrogens is 1. The molecule has 1 aromatic carbocycles. The first kappa shape index (κ1) is 14.6. The Hall–Kier alpha value is -2.83. The van der Waals surface area contributed by atoms with Gasteiger partial charge < -0.3 is 19.8 Å². The van der Waals surface area contributed by atoms with Gasteiger partial charge in [0, 0.05) is 13.1 Å². The molecule has 2 N–H and O–H groups in total. The molecule has 7 nitrogen and oxygen atoms in total. The number of phenolic OH excluding ortho intramolecular Hbond substituents is 1. The van der Waals surface area contributed by atoms with Gasteiger partial charge in [-0.15, -0.1) is 0 Å². The molecule has 0 atom stereocenters. The van der Waals surface area contributed by atoms with Gasteiger partial charge in [0.25, 0.3) is 5.91 Å². The van der Waals surface area contributed by atoms with E-state index in [0.717, 1.165) is 0 Å². The van der Waals surface area contributed by atoms with Crippen molar-refractivity contribution in [3.8, 4) is 5.75 Å². The second-order valence-electron chi connectivity index (χ2n) is 4.55. The van der Waals surface area contributed by atoms with E-state index in [2.05, 4.69) is 10.5 Å². The molecule has 1 aromatic heterocycles. The Morgan fingerprint density at radius 2 is 2.10 bits per heavy atom. The lowest BCUT2D eigenvalue weighted by atomic mass is 10.2. The highest BCUT2D eigenvalue weighted by Crippen LogP contribution is 2.17. The third-order valence-electron chi connectivity index (χ3n) is 2.76. The first-order chi connectivity index (χ1) is 9.97. The number of rotatable bonds is 4. The van der Waals surface area contributed by atoms with Gasteiger partial charge in [0.05, 0.1) is 12.1 Å². The normalized spacial score (nSPS) is 10.2. The lowest BCUT2D eigenvalue weighted by molar-refractivity contribution is -0.116. The molecular weight excluding hydrogens is 274 g/mol. The van der Waals surface area contributed by atoms with Crippen LogP contribution in [0.1, 0.15) is 16.1 Å². The number of nitrogens with zero attached hydrogens (tertiary/aromatic N) is 2. The summed E-state index contributed by atoms with van der Waals surface area (Å²) in [6.45, 7) is 1.54. The Kier molecular flexibility index (Phi) is 4.22. The Balaban J connectivity index is 1.97. The molecule has 0 bridgehead atoms. The molecule has 2 aromatic rings. The number of amides is 2. The van der Waals surface area contributed by atoms with Crippen LogP contribution in [0.4, 0.5) is 5.82 Å². The Morgan fingerprint density at radius 1 is 1.38 bits per heavy atom. The van der Waals surface area contributed by atoms with Crippen LogP contribution >= 0.6 is 0 Å². The summed E-state index contributed by atoms with van der Waals surface area (Å²) in [7, 11) is 1.47. The number of carbonyl (C=O) groups is 2. The molecule has 2 amide bonds. The summed E-state index contributed by atoms with van der Waals surface area (Å²) in [6.07, 6.45) is 0. The average molecular weight is 289 g/mol. The van der Waals surface area contributed by atoms with Gasteiger partial charge >= 0.3 is 0 Å². The van der Waals surface area contributed by atoms with Gasteiger partial charge in [0.1, 0.15) is 11.5 Å². The Morgan fingerprint density at radius 3 is 2.71 bits per heavy atom. The zero-order valence-corrected chi connectivity index (χ0v) is 11.7. The monoisotopic (exact) mass is 289 g/mol. The first-order valence-corrected chi connectivity index (χ1v) is 6.24. The van der Waals surface area contributed by atoms with Gasteiger partial charge in [0.2, 0.25) is 5.91 Å². The molecule has 2 rings (SSSR count). The predicted octanol–water partition coefficient (Wildman–Crippen LogP) is 1.40. The van der Waals surface area contributed by atoms with Gasteiger partial charge in [-0.05, 0) is 19.1 Å². The molecule has 0 radical (unpaired) electrons. The molecule has 0 aliphatic rings. The lowest BCUT2D eigenvalue weighted by Crippen LogP contribution is -2.35. The van der Waals surface area contributed by atoms with E-state index >= 15 is 0 Å². The molecule has 7 heteroatoms. The molecule has 110 valence electrons. The van der Waals surface area contributed by atoms with Crippen LogP contribution in [0, 0.1) is 6.92 Å². The second-order valence-corrected chi connectivity index (χ2v) is 4.55. The summed E-state index contributed by atoms with van der Waals surface area (Å²) in [5, 5.41) is 15.8. The third kappa shape index (κ3) is 3.59. The molecule has 0 aliphatic carbocycles. The molecule has 0 saturated carbocycles. The quantitative estimate of drug-likeness (QED) is 0.887. The number of nitrogens with one attached hydrogen (secondary N) is 1. The van der Waals surface area contributed by atoms with Crippen molar-refractivity contribution in [2.24, 2.45) is 0 Å². The minimum atomic E-state index is -0.445. The zero-order valence-electron chi connectivity index (χ0n) is 11.7. The van der Waals surface area contributed by atoms with Crippen molar-refractivity contribution < 1.29 is 19.2 Å². The standard InChI is InChI=1S/C14H15N3O4/c1-9-7-12(16-21-9)15-13(19)8-17(2)14(20)10-5-3-4-6-11(10)18/h3-7,18H,8H2,1-2H3,(H,15,16,19). The van der Waals surface area contributed by atoms with Crippen LogP contribution in [0.5, 0.6) is 5.75 Å². The molecule has 0 spiro atoms. The van der Waals surface area contributed by atoms with Crippen molar-refractivity contribution in [3.05, 3.63) is 41.7 Å². The largest absolute Gasteiger partial charge is 0.507 e. The molecule has 0 saturated heterocycles. The van der Waals surface area contributed by atoms with Gasteiger partial charge in [-0.2, -0.15) is 0 Å². The summed E-state index contributed by atoms with van der Waals surface area (Å²) in [6, 6.07) is 7.74. The maximum absolute atomic E-state index is 12.1. The number of hydrogen-bond donors (Lipinski definition) is 2. The fourth-order valence-corrected chi connectivity index (χ4v) is 1.76. The number of aromatic hydroxyl groups is 1. The minimum Gasteiger partial charge on any atom is -0.507 e. The fourth-order valence-electron chi connectivity index (χ4n) is 1.76. The summed E-state index contributed by atoms with van der Waals surface area (Å²) < 4.78 is 4.82. The van der Waals surface area contributed by atoms with Crippen molar-refractivity contribution in [1.29, 1.82) is 0 Å². The lowest BCUT2D eigenvalue weighted by Gasteiger charge is -2.16. The molecule has 0 fully saturated rings. The van der Waals surface area contributed by atoms with Crippen molar-refractivity contribution >= 4 is 17.6 Å². The van der Waals surface area contributed by atoms with Crippen LogP contribution in [-0.2, 0) is 4.79 Å². The van der Waals surface area contributed by atoms with E-state index in [4.69, 9.17) is 4.52 Å². The highest BCUT2D eigenvalue weighted by Gasteiger charge is 2.18.